The van der Waals surface area contributed by atoms with Crippen LogP contribution in [0.1, 0.15) is 18.5 Å². The van der Waals surface area contributed by atoms with Gasteiger partial charge in [-0.2, -0.15) is 0 Å². The Balaban J connectivity index is 2.52. The van der Waals surface area contributed by atoms with Crippen LogP contribution >= 0.6 is 0 Å². The lowest BCUT2D eigenvalue weighted by Gasteiger charge is -2.20. The molecule has 0 saturated carbocycles. The molecule has 0 aromatic heterocycles. The molecule has 0 aliphatic carbocycles. The summed E-state index contributed by atoms with van der Waals surface area (Å²) in [5.41, 5.74) is 0.397. The van der Waals surface area contributed by atoms with Gasteiger partial charge in [-0.25, -0.2) is 8.78 Å². The number of nitrogens with one attached hydrogen (secondary N) is 1. The van der Waals surface area contributed by atoms with Crippen molar-refractivity contribution in [3.8, 4) is 0 Å². The van der Waals surface area contributed by atoms with Gasteiger partial charge in [-0.1, -0.05) is 6.07 Å². The van der Waals surface area contributed by atoms with E-state index in [0.29, 0.717) is 18.7 Å². The number of likely N-dealkylation sites (N-methyl/N-ethyl adjacent to an activating group) is 1. The van der Waals surface area contributed by atoms with Gasteiger partial charge in [0.1, 0.15) is 11.6 Å². The molecular formula is C13H20F2N2O. The van der Waals surface area contributed by atoms with E-state index in [-0.39, 0.29) is 6.04 Å². The summed E-state index contributed by atoms with van der Waals surface area (Å²) in [6.07, 6.45) is -0.522. The van der Waals surface area contributed by atoms with Crippen LogP contribution in [0.25, 0.3) is 0 Å². The molecule has 0 aliphatic rings. The first kappa shape index (κ1) is 15.0. The second-order valence-electron chi connectivity index (χ2n) is 4.71. The fourth-order valence-corrected chi connectivity index (χ4v) is 1.76. The maximum atomic E-state index is 13.5. The van der Waals surface area contributed by atoms with Crippen LogP contribution in [-0.4, -0.2) is 43.3 Å². The summed E-state index contributed by atoms with van der Waals surface area (Å²) in [5.74, 6) is -1.16. The lowest BCUT2D eigenvalue weighted by Crippen LogP contribution is -2.36. The normalized spacial score (nSPS) is 14.8. The molecule has 0 aliphatic heterocycles. The molecule has 102 valence electrons. The Labute approximate surface area is 106 Å². The quantitative estimate of drug-likeness (QED) is 0.812. The molecule has 2 N–H and O–H groups in total. The fraction of sp³-hybridized carbons (Fsp3) is 0.538. The average molecular weight is 258 g/mol. The van der Waals surface area contributed by atoms with Crippen LogP contribution in [0, 0.1) is 11.6 Å². The zero-order valence-corrected chi connectivity index (χ0v) is 11.0. The molecule has 1 aromatic carbocycles. The van der Waals surface area contributed by atoms with Gasteiger partial charge in [-0.3, -0.25) is 0 Å². The Hall–Kier alpha value is -1.04. The molecule has 0 amide bonds. The first-order valence-electron chi connectivity index (χ1n) is 5.91. The Bertz CT molecular complexity index is 385. The largest absolute Gasteiger partial charge is 0.390 e. The van der Waals surface area contributed by atoms with Crippen LogP contribution < -0.4 is 5.32 Å². The lowest BCUT2D eigenvalue weighted by atomic mass is 10.1. The topological polar surface area (TPSA) is 35.5 Å². The van der Waals surface area contributed by atoms with Crippen molar-refractivity contribution in [1.29, 1.82) is 0 Å². The van der Waals surface area contributed by atoms with Gasteiger partial charge < -0.3 is 15.3 Å². The lowest BCUT2D eigenvalue weighted by molar-refractivity contribution is 0.132. The van der Waals surface area contributed by atoms with Crippen molar-refractivity contribution >= 4 is 0 Å². The highest BCUT2D eigenvalue weighted by molar-refractivity contribution is 5.21. The highest BCUT2D eigenvalue weighted by Gasteiger charge is 2.13. The summed E-state index contributed by atoms with van der Waals surface area (Å²) in [7, 11) is 3.73. The number of halogens is 2. The zero-order chi connectivity index (χ0) is 13.7. The van der Waals surface area contributed by atoms with Crippen molar-refractivity contribution in [2.24, 2.45) is 0 Å². The molecule has 0 radical (unpaired) electrons. The molecule has 2 unspecified atom stereocenters. The van der Waals surface area contributed by atoms with Crippen LogP contribution in [0.15, 0.2) is 18.2 Å². The fourth-order valence-electron chi connectivity index (χ4n) is 1.76. The van der Waals surface area contributed by atoms with E-state index >= 15 is 0 Å². The number of aliphatic hydroxyl groups is 1. The third-order valence-electron chi connectivity index (χ3n) is 2.66. The Morgan fingerprint density at radius 1 is 1.33 bits per heavy atom. The average Bonchev–Trinajstić information content (AvgIpc) is 2.25. The van der Waals surface area contributed by atoms with E-state index in [9.17, 15) is 13.9 Å². The Morgan fingerprint density at radius 3 is 2.56 bits per heavy atom. The van der Waals surface area contributed by atoms with Gasteiger partial charge in [0.15, 0.2) is 0 Å². The minimum atomic E-state index is -0.587. The second-order valence-corrected chi connectivity index (χ2v) is 4.71. The molecule has 18 heavy (non-hydrogen) atoms. The summed E-state index contributed by atoms with van der Waals surface area (Å²) < 4.78 is 26.2. The number of aliphatic hydroxyl groups excluding tert-OH is 1. The highest BCUT2D eigenvalue weighted by atomic mass is 19.1. The highest BCUT2D eigenvalue weighted by Crippen LogP contribution is 2.17. The summed E-state index contributed by atoms with van der Waals surface area (Å²) in [4.78, 5) is 1.87. The van der Waals surface area contributed by atoms with Crippen molar-refractivity contribution < 1.29 is 13.9 Å². The predicted octanol–water partition coefficient (Wildman–Crippen LogP) is 1.54. The Morgan fingerprint density at radius 2 is 2.00 bits per heavy atom. The number of hydrogen-bond donors (Lipinski definition) is 2. The van der Waals surface area contributed by atoms with Crippen molar-refractivity contribution in [2.75, 3.05) is 27.2 Å². The summed E-state index contributed by atoms with van der Waals surface area (Å²) in [6, 6.07) is 3.24. The van der Waals surface area contributed by atoms with E-state index in [2.05, 4.69) is 5.32 Å². The number of nitrogens with zero attached hydrogens (tertiary/aromatic N) is 1. The minimum absolute atomic E-state index is 0.276. The third kappa shape index (κ3) is 4.68. The van der Waals surface area contributed by atoms with Crippen LogP contribution in [0.5, 0.6) is 0 Å². The van der Waals surface area contributed by atoms with Crippen molar-refractivity contribution in [3.63, 3.8) is 0 Å². The predicted molar refractivity (Wildman–Crippen MR) is 67.3 cm³/mol. The summed E-state index contributed by atoms with van der Waals surface area (Å²) in [5, 5.41) is 12.7. The van der Waals surface area contributed by atoms with Gasteiger partial charge >= 0.3 is 0 Å². The SMILES string of the molecule is CC(NCC(O)CN(C)C)c1ccc(F)cc1F. The molecule has 2 atom stereocenters. The maximum absolute atomic E-state index is 13.5. The van der Waals surface area contributed by atoms with E-state index < -0.39 is 17.7 Å². The van der Waals surface area contributed by atoms with Crippen molar-refractivity contribution in [3.05, 3.63) is 35.4 Å². The first-order valence-corrected chi connectivity index (χ1v) is 5.91. The maximum Gasteiger partial charge on any atom is 0.130 e. The molecule has 0 saturated heterocycles. The van der Waals surface area contributed by atoms with Gasteiger partial charge in [0, 0.05) is 30.8 Å². The monoisotopic (exact) mass is 258 g/mol. The van der Waals surface area contributed by atoms with Crippen LogP contribution in [0.2, 0.25) is 0 Å². The molecule has 0 spiro atoms. The molecule has 1 aromatic rings. The second kappa shape index (κ2) is 6.78. The van der Waals surface area contributed by atoms with Crippen molar-refractivity contribution in [1.82, 2.24) is 10.2 Å². The standard InChI is InChI=1S/C13H20F2N2O/c1-9(16-7-11(18)8-17(2)3)12-5-4-10(14)6-13(12)15/h4-6,9,11,16,18H,7-8H2,1-3H3. The number of hydrogen-bond acceptors (Lipinski definition) is 3. The number of rotatable bonds is 6. The minimum Gasteiger partial charge on any atom is -0.390 e. The molecule has 3 nitrogen and oxygen atoms in total. The van der Waals surface area contributed by atoms with E-state index in [4.69, 9.17) is 0 Å². The van der Waals surface area contributed by atoms with Gasteiger partial charge in [-0.15, -0.1) is 0 Å². The van der Waals surface area contributed by atoms with E-state index in [1.807, 2.05) is 19.0 Å². The van der Waals surface area contributed by atoms with E-state index in [0.717, 1.165) is 6.07 Å². The first-order chi connectivity index (χ1) is 8.40. The Kier molecular flexibility index (Phi) is 5.65. The van der Waals surface area contributed by atoms with Crippen molar-refractivity contribution in [2.45, 2.75) is 19.1 Å². The molecule has 0 bridgehead atoms. The van der Waals surface area contributed by atoms with E-state index in [1.165, 1.54) is 12.1 Å². The van der Waals surface area contributed by atoms with Gasteiger partial charge in [0.05, 0.1) is 6.10 Å². The van der Waals surface area contributed by atoms with Crippen LogP contribution in [0.3, 0.4) is 0 Å². The van der Waals surface area contributed by atoms with Gasteiger partial charge in [0.25, 0.3) is 0 Å². The zero-order valence-electron chi connectivity index (χ0n) is 11.0. The molecule has 5 heteroatoms. The summed E-state index contributed by atoms with van der Waals surface area (Å²) in [6.45, 7) is 2.67. The van der Waals surface area contributed by atoms with Gasteiger partial charge in [0.2, 0.25) is 0 Å². The van der Waals surface area contributed by atoms with E-state index in [1.54, 1.807) is 6.92 Å². The molecule has 1 rings (SSSR count). The molecule has 0 fully saturated rings. The van der Waals surface area contributed by atoms with Gasteiger partial charge in [-0.05, 0) is 27.1 Å². The smallest absolute Gasteiger partial charge is 0.130 e. The number of benzene rings is 1. The van der Waals surface area contributed by atoms with Crippen LogP contribution in [-0.2, 0) is 0 Å². The third-order valence-corrected chi connectivity index (χ3v) is 2.66. The van der Waals surface area contributed by atoms with Crippen LogP contribution in [0.4, 0.5) is 8.78 Å². The summed E-state index contributed by atoms with van der Waals surface area (Å²) >= 11 is 0. The molecular weight excluding hydrogens is 238 g/mol. The molecule has 0 heterocycles.